The van der Waals surface area contributed by atoms with Crippen LogP contribution in [0.4, 0.5) is 28.8 Å². The molecular formula is C28H29BrN6O2. The molecule has 0 unspecified atom stereocenters. The van der Waals surface area contributed by atoms with Crippen molar-refractivity contribution in [2.75, 3.05) is 43.2 Å². The zero-order valence-electron chi connectivity index (χ0n) is 21.0. The number of amides is 1. The number of aromatic nitrogens is 2. The molecule has 0 fully saturated rings. The second kappa shape index (κ2) is 12.3. The molecule has 1 aromatic heterocycles. The fraction of sp³-hybridized carbons (Fsp3) is 0.179. The summed E-state index contributed by atoms with van der Waals surface area (Å²) in [6.45, 7) is 3.09. The predicted molar refractivity (Wildman–Crippen MR) is 154 cm³/mol. The fourth-order valence-electron chi connectivity index (χ4n) is 3.63. The minimum atomic E-state index is -0.207. The van der Waals surface area contributed by atoms with Gasteiger partial charge >= 0.3 is 0 Å². The SMILES string of the molecule is CCOc1ccc(NC(=O)/C=C/CN(C)C)cc1Nc1nccc(Nc2cc(Br)c3ccccc3c2)n1. The highest BCUT2D eigenvalue weighted by Gasteiger charge is 2.10. The van der Waals surface area contributed by atoms with Crippen LogP contribution < -0.4 is 20.7 Å². The number of fused-ring (bicyclic) bond motifs is 1. The van der Waals surface area contributed by atoms with Crippen LogP contribution in [0.5, 0.6) is 5.75 Å². The van der Waals surface area contributed by atoms with Crippen LogP contribution in [0.15, 0.2) is 83.5 Å². The first kappa shape index (κ1) is 26.1. The molecule has 0 aliphatic heterocycles. The first-order valence-electron chi connectivity index (χ1n) is 11.9. The van der Waals surface area contributed by atoms with E-state index < -0.39 is 0 Å². The maximum atomic E-state index is 12.3. The van der Waals surface area contributed by atoms with E-state index in [0.29, 0.717) is 42.0 Å². The molecule has 4 aromatic rings. The van der Waals surface area contributed by atoms with Crippen molar-refractivity contribution >= 4 is 61.4 Å². The lowest BCUT2D eigenvalue weighted by molar-refractivity contribution is -0.111. The van der Waals surface area contributed by atoms with Gasteiger partial charge in [-0.15, -0.1) is 0 Å². The number of nitrogens with one attached hydrogen (secondary N) is 3. The van der Waals surface area contributed by atoms with Crippen LogP contribution in [0, 0.1) is 0 Å². The second-order valence-electron chi connectivity index (χ2n) is 8.49. The van der Waals surface area contributed by atoms with E-state index in [0.717, 1.165) is 20.9 Å². The molecular weight excluding hydrogens is 532 g/mol. The van der Waals surface area contributed by atoms with Gasteiger partial charge in [0.05, 0.1) is 12.3 Å². The van der Waals surface area contributed by atoms with Crippen molar-refractivity contribution in [2.45, 2.75) is 6.92 Å². The Bertz CT molecular complexity index is 1420. The number of hydrogen-bond donors (Lipinski definition) is 3. The number of benzene rings is 3. The molecule has 0 saturated carbocycles. The van der Waals surface area contributed by atoms with Crippen LogP contribution in [0.25, 0.3) is 10.8 Å². The molecule has 0 atom stereocenters. The number of nitrogens with zero attached hydrogens (tertiary/aromatic N) is 3. The molecule has 1 amide bonds. The van der Waals surface area contributed by atoms with Gasteiger partial charge in [-0.2, -0.15) is 4.98 Å². The second-order valence-corrected chi connectivity index (χ2v) is 9.35. The molecule has 190 valence electrons. The first-order valence-corrected chi connectivity index (χ1v) is 12.6. The van der Waals surface area contributed by atoms with E-state index >= 15 is 0 Å². The van der Waals surface area contributed by atoms with E-state index in [4.69, 9.17) is 4.74 Å². The van der Waals surface area contributed by atoms with Crippen molar-refractivity contribution in [2.24, 2.45) is 0 Å². The number of carbonyl (C=O) groups is 1. The minimum Gasteiger partial charge on any atom is -0.492 e. The van der Waals surface area contributed by atoms with Crippen molar-refractivity contribution in [3.8, 4) is 5.75 Å². The maximum Gasteiger partial charge on any atom is 0.248 e. The van der Waals surface area contributed by atoms with Crippen LogP contribution >= 0.6 is 15.9 Å². The lowest BCUT2D eigenvalue weighted by Gasteiger charge is -2.14. The number of rotatable bonds is 10. The third-order valence-corrected chi connectivity index (χ3v) is 5.93. The molecule has 0 aliphatic rings. The van der Waals surface area contributed by atoms with Crippen molar-refractivity contribution in [1.82, 2.24) is 14.9 Å². The molecule has 9 heteroatoms. The van der Waals surface area contributed by atoms with Gasteiger partial charge in [0.2, 0.25) is 11.9 Å². The molecule has 0 saturated heterocycles. The maximum absolute atomic E-state index is 12.3. The Morgan fingerprint density at radius 2 is 1.89 bits per heavy atom. The fourth-order valence-corrected chi connectivity index (χ4v) is 4.24. The summed E-state index contributed by atoms with van der Waals surface area (Å²) in [6.07, 6.45) is 5.01. The molecule has 0 radical (unpaired) electrons. The Kier molecular flexibility index (Phi) is 8.71. The summed E-state index contributed by atoms with van der Waals surface area (Å²) in [7, 11) is 3.89. The van der Waals surface area contributed by atoms with Crippen LogP contribution in [0.2, 0.25) is 0 Å². The van der Waals surface area contributed by atoms with Crippen LogP contribution in [0.3, 0.4) is 0 Å². The zero-order valence-corrected chi connectivity index (χ0v) is 22.5. The van der Waals surface area contributed by atoms with Gasteiger partial charge in [0.15, 0.2) is 0 Å². The van der Waals surface area contributed by atoms with Gasteiger partial charge in [0, 0.05) is 34.7 Å². The van der Waals surface area contributed by atoms with Gasteiger partial charge in [0.1, 0.15) is 11.6 Å². The predicted octanol–water partition coefficient (Wildman–Crippen LogP) is 6.33. The van der Waals surface area contributed by atoms with E-state index in [9.17, 15) is 4.79 Å². The lowest BCUT2D eigenvalue weighted by atomic mass is 10.1. The average molecular weight is 561 g/mol. The smallest absolute Gasteiger partial charge is 0.248 e. The summed E-state index contributed by atoms with van der Waals surface area (Å²) >= 11 is 3.65. The molecule has 0 spiro atoms. The van der Waals surface area contributed by atoms with Crippen molar-refractivity contribution in [3.63, 3.8) is 0 Å². The molecule has 8 nitrogen and oxygen atoms in total. The van der Waals surface area contributed by atoms with Gasteiger partial charge in [-0.3, -0.25) is 4.79 Å². The number of likely N-dealkylation sites (N-methyl/N-ethyl adjacent to an activating group) is 1. The quantitative estimate of drug-likeness (QED) is 0.195. The third kappa shape index (κ3) is 7.28. The Balaban J connectivity index is 1.52. The number of halogens is 1. The molecule has 0 aliphatic carbocycles. The van der Waals surface area contributed by atoms with Gasteiger partial charge in [-0.1, -0.05) is 46.3 Å². The van der Waals surface area contributed by atoms with Gasteiger partial charge < -0.3 is 25.6 Å². The summed E-state index contributed by atoms with van der Waals surface area (Å²) in [5, 5.41) is 11.7. The van der Waals surface area contributed by atoms with Crippen molar-refractivity contribution in [3.05, 3.63) is 83.5 Å². The monoisotopic (exact) mass is 560 g/mol. The third-order valence-electron chi connectivity index (χ3n) is 5.27. The Morgan fingerprint density at radius 1 is 1.05 bits per heavy atom. The van der Waals surface area contributed by atoms with Gasteiger partial charge in [-0.05, 0) is 68.2 Å². The van der Waals surface area contributed by atoms with Crippen LogP contribution in [-0.2, 0) is 4.79 Å². The summed E-state index contributed by atoms with van der Waals surface area (Å²) < 4.78 is 6.77. The molecule has 4 rings (SSSR count). The van der Waals surface area contributed by atoms with Crippen LogP contribution in [0.1, 0.15) is 6.92 Å². The van der Waals surface area contributed by atoms with E-state index in [1.807, 2.05) is 50.2 Å². The summed E-state index contributed by atoms with van der Waals surface area (Å²) in [4.78, 5) is 23.2. The highest BCUT2D eigenvalue weighted by Crippen LogP contribution is 2.32. The number of ether oxygens (including phenoxy) is 1. The normalized spacial score (nSPS) is 11.2. The molecule has 0 bridgehead atoms. The molecule has 3 N–H and O–H groups in total. The van der Waals surface area contributed by atoms with E-state index in [1.165, 1.54) is 6.08 Å². The Morgan fingerprint density at radius 3 is 2.70 bits per heavy atom. The highest BCUT2D eigenvalue weighted by molar-refractivity contribution is 9.10. The van der Waals surface area contributed by atoms with Gasteiger partial charge in [-0.25, -0.2) is 4.98 Å². The number of carbonyl (C=O) groups excluding carboxylic acids is 1. The molecule has 3 aromatic carbocycles. The Hall–Kier alpha value is -3.95. The van der Waals surface area contributed by atoms with E-state index in [-0.39, 0.29) is 5.91 Å². The van der Waals surface area contributed by atoms with Crippen LogP contribution in [-0.4, -0.2) is 48.0 Å². The van der Waals surface area contributed by atoms with Crippen molar-refractivity contribution in [1.29, 1.82) is 0 Å². The standard InChI is InChI=1S/C28H29BrN6O2/c1-4-37-25-12-11-20(32-27(36)10-7-15-35(2)3)18-24(25)33-28-30-14-13-26(34-28)31-21-16-19-8-5-6-9-22(19)23(29)17-21/h5-14,16-18H,4,15H2,1-3H3,(H,32,36)(H2,30,31,33,34)/b10-7+. The summed E-state index contributed by atoms with van der Waals surface area (Å²) in [5.74, 6) is 1.44. The largest absolute Gasteiger partial charge is 0.492 e. The van der Waals surface area contributed by atoms with E-state index in [1.54, 1.807) is 30.5 Å². The highest BCUT2D eigenvalue weighted by atomic mass is 79.9. The molecule has 37 heavy (non-hydrogen) atoms. The summed E-state index contributed by atoms with van der Waals surface area (Å²) in [6, 6.07) is 19.5. The summed E-state index contributed by atoms with van der Waals surface area (Å²) in [5.41, 5.74) is 2.17. The topological polar surface area (TPSA) is 91.4 Å². The van der Waals surface area contributed by atoms with Crippen molar-refractivity contribution < 1.29 is 9.53 Å². The van der Waals surface area contributed by atoms with E-state index in [2.05, 4.69) is 60.0 Å². The number of hydrogen-bond acceptors (Lipinski definition) is 7. The number of anilines is 5. The van der Waals surface area contributed by atoms with Gasteiger partial charge in [0.25, 0.3) is 0 Å². The lowest BCUT2D eigenvalue weighted by Crippen LogP contribution is -2.13. The Labute approximate surface area is 224 Å². The zero-order chi connectivity index (χ0) is 26.2. The average Bonchev–Trinajstić information content (AvgIpc) is 2.86. The first-order chi connectivity index (χ1) is 17.9. The minimum absolute atomic E-state index is 0.207. The molecule has 1 heterocycles.